The molecule has 1 N–H and O–H groups in total. The number of fused-ring (bicyclic) bond motifs is 3. The quantitative estimate of drug-likeness (QED) is 0.744. The lowest BCUT2D eigenvalue weighted by atomic mass is 10.2. The summed E-state index contributed by atoms with van der Waals surface area (Å²) in [6, 6.07) is 4.97. The molecule has 110 valence electrons. The van der Waals surface area contributed by atoms with Crippen LogP contribution in [0.25, 0.3) is 20.8 Å². The first-order chi connectivity index (χ1) is 10.6. The molecule has 0 unspecified atom stereocenters. The third-order valence-electron chi connectivity index (χ3n) is 3.12. The Morgan fingerprint density at radius 1 is 1.45 bits per heavy atom. The van der Waals surface area contributed by atoms with Gasteiger partial charge in [-0.3, -0.25) is 0 Å². The van der Waals surface area contributed by atoms with Gasteiger partial charge in [0.2, 0.25) is 4.96 Å². The van der Waals surface area contributed by atoms with Gasteiger partial charge in [-0.15, -0.1) is 5.10 Å². The molecule has 0 saturated heterocycles. The minimum absolute atomic E-state index is 0.262. The van der Waals surface area contributed by atoms with E-state index in [1.165, 1.54) is 11.3 Å². The fourth-order valence-corrected chi connectivity index (χ4v) is 3.16. The summed E-state index contributed by atoms with van der Waals surface area (Å²) >= 11 is 1.42. The third kappa shape index (κ3) is 2.33. The minimum Gasteiger partial charge on any atom is -0.478 e. The van der Waals surface area contributed by atoms with Gasteiger partial charge >= 0.3 is 5.97 Å². The Bertz CT molecular complexity index is 947. The van der Waals surface area contributed by atoms with Crippen LogP contribution < -0.4 is 0 Å². The molecule has 1 aromatic carbocycles. The zero-order chi connectivity index (χ0) is 15.7. The van der Waals surface area contributed by atoms with Gasteiger partial charge in [0.05, 0.1) is 15.8 Å². The summed E-state index contributed by atoms with van der Waals surface area (Å²) in [6.45, 7) is 5.63. The number of aromatic carboxylic acids is 1. The third-order valence-corrected chi connectivity index (χ3v) is 4.11. The summed E-state index contributed by atoms with van der Waals surface area (Å²) in [5.41, 5.74) is 1.99. The Morgan fingerprint density at radius 2 is 2.27 bits per heavy atom. The summed E-state index contributed by atoms with van der Waals surface area (Å²) in [4.78, 5) is 16.3. The molecule has 3 rings (SSSR count). The molecule has 0 bridgehead atoms. The second kappa shape index (κ2) is 5.57. The average Bonchev–Trinajstić information content (AvgIpc) is 3.03. The van der Waals surface area contributed by atoms with Crippen molar-refractivity contribution in [2.75, 3.05) is 0 Å². The van der Waals surface area contributed by atoms with E-state index in [2.05, 4.69) is 16.7 Å². The number of carbonyl (C=O) groups is 1. The summed E-state index contributed by atoms with van der Waals surface area (Å²) in [6.07, 6.45) is 7.39. The van der Waals surface area contributed by atoms with Crippen molar-refractivity contribution in [3.05, 3.63) is 60.5 Å². The number of carboxylic acids is 1. The standard InChI is InChI=1S/C16H13N3O2S/c1-3-5-10(6-4-2)14-17-16-19(18-14)12-8-7-11(15(20)21)9-13(12)22-16/h3-9H,1H2,2H3,(H,20,21)/b6-4-,10-5+. The molecule has 2 heterocycles. The van der Waals surface area contributed by atoms with Gasteiger partial charge in [-0.1, -0.05) is 42.2 Å². The number of hydrogen-bond acceptors (Lipinski definition) is 4. The van der Waals surface area contributed by atoms with Gasteiger partial charge < -0.3 is 5.11 Å². The number of nitrogens with zero attached hydrogens (tertiary/aromatic N) is 3. The van der Waals surface area contributed by atoms with E-state index < -0.39 is 5.97 Å². The number of carboxylic acid groups (broad SMARTS) is 1. The maximum Gasteiger partial charge on any atom is 0.335 e. The normalized spacial score (nSPS) is 12.5. The number of allylic oxidation sites excluding steroid dienone is 5. The Hall–Kier alpha value is -2.73. The maximum atomic E-state index is 11.0. The van der Waals surface area contributed by atoms with Crippen molar-refractivity contribution in [3.8, 4) is 0 Å². The zero-order valence-corrected chi connectivity index (χ0v) is 12.7. The lowest BCUT2D eigenvalue weighted by Gasteiger charge is -1.95. The van der Waals surface area contributed by atoms with E-state index in [-0.39, 0.29) is 5.56 Å². The highest BCUT2D eigenvalue weighted by molar-refractivity contribution is 7.23. The molecule has 0 fully saturated rings. The van der Waals surface area contributed by atoms with Crippen LogP contribution in [0.3, 0.4) is 0 Å². The molecule has 0 amide bonds. The van der Waals surface area contributed by atoms with E-state index >= 15 is 0 Å². The predicted octanol–water partition coefficient (Wildman–Crippen LogP) is 3.79. The first-order valence-corrected chi connectivity index (χ1v) is 7.44. The van der Waals surface area contributed by atoms with Crippen LogP contribution in [0.4, 0.5) is 0 Å². The van der Waals surface area contributed by atoms with Crippen molar-refractivity contribution < 1.29 is 9.90 Å². The Balaban J connectivity index is 2.17. The summed E-state index contributed by atoms with van der Waals surface area (Å²) in [5.74, 6) is -0.320. The molecule has 5 nitrogen and oxygen atoms in total. The van der Waals surface area contributed by atoms with E-state index in [0.29, 0.717) is 5.82 Å². The van der Waals surface area contributed by atoms with Crippen LogP contribution in [-0.4, -0.2) is 25.7 Å². The van der Waals surface area contributed by atoms with Crippen molar-refractivity contribution in [2.24, 2.45) is 0 Å². The van der Waals surface area contributed by atoms with Gasteiger partial charge in [-0.25, -0.2) is 9.31 Å². The van der Waals surface area contributed by atoms with E-state index in [1.807, 2.05) is 25.2 Å². The van der Waals surface area contributed by atoms with Gasteiger partial charge in [0.25, 0.3) is 0 Å². The smallest absolute Gasteiger partial charge is 0.335 e. The molecular formula is C16H13N3O2S. The van der Waals surface area contributed by atoms with Gasteiger partial charge in [-0.2, -0.15) is 4.98 Å². The fourth-order valence-electron chi connectivity index (χ4n) is 2.16. The SMILES string of the molecule is C=C/C=C(\C=C/C)c1nc2sc3cc(C(=O)O)ccc3n2n1. The molecule has 2 aromatic heterocycles. The number of rotatable bonds is 4. The summed E-state index contributed by atoms with van der Waals surface area (Å²) in [5, 5.41) is 13.6. The Kier molecular flexibility index (Phi) is 3.60. The van der Waals surface area contributed by atoms with Crippen molar-refractivity contribution >= 4 is 38.1 Å². The number of aromatic nitrogens is 3. The molecule has 0 aliphatic heterocycles. The molecule has 0 aliphatic rings. The molecule has 0 aliphatic carbocycles. The highest BCUT2D eigenvalue weighted by atomic mass is 32.1. The topological polar surface area (TPSA) is 67.5 Å². The van der Waals surface area contributed by atoms with Crippen molar-refractivity contribution in [1.82, 2.24) is 14.6 Å². The van der Waals surface area contributed by atoms with E-state index in [0.717, 1.165) is 20.8 Å². The summed E-state index contributed by atoms with van der Waals surface area (Å²) < 4.78 is 2.59. The van der Waals surface area contributed by atoms with Crippen LogP contribution in [-0.2, 0) is 0 Å². The Labute approximate surface area is 130 Å². The second-order valence-corrected chi connectivity index (χ2v) is 5.59. The molecule has 22 heavy (non-hydrogen) atoms. The van der Waals surface area contributed by atoms with Gasteiger partial charge in [0.1, 0.15) is 0 Å². The second-order valence-electron chi connectivity index (χ2n) is 4.58. The van der Waals surface area contributed by atoms with Crippen LogP contribution in [0.2, 0.25) is 0 Å². The van der Waals surface area contributed by atoms with Gasteiger partial charge in [0.15, 0.2) is 5.82 Å². The van der Waals surface area contributed by atoms with E-state index in [4.69, 9.17) is 5.11 Å². The molecule has 6 heteroatoms. The molecule has 0 radical (unpaired) electrons. The zero-order valence-electron chi connectivity index (χ0n) is 11.9. The Morgan fingerprint density at radius 3 is 2.95 bits per heavy atom. The molecule has 0 atom stereocenters. The molecule has 3 aromatic rings. The lowest BCUT2D eigenvalue weighted by Crippen LogP contribution is -1.95. The molecule has 0 spiro atoms. The molecular weight excluding hydrogens is 298 g/mol. The molecule has 0 saturated carbocycles. The fraction of sp³-hybridized carbons (Fsp3) is 0.0625. The highest BCUT2D eigenvalue weighted by Crippen LogP contribution is 2.27. The minimum atomic E-state index is -0.939. The van der Waals surface area contributed by atoms with E-state index in [9.17, 15) is 4.79 Å². The predicted molar refractivity (Wildman–Crippen MR) is 88.3 cm³/mol. The van der Waals surface area contributed by atoms with Crippen LogP contribution in [0.15, 0.2) is 49.1 Å². The number of thiazole rings is 1. The first kappa shape index (κ1) is 14.2. The average molecular weight is 311 g/mol. The number of hydrogen-bond donors (Lipinski definition) is 1. The van der Waals surface area contributed by atoms with Gasteiger partial charge in [-0.05, 0) is 25.1 Å². The van der Waals surface area contributed by atoms with Crippen molar-refractivity contribution in [3.63, 3.8) is 0 Å². The lowest BCUT2D eigenvalue weighted by molar-refractivity contribution is 0.0697. The van der Waals surface area contributed by atoms with Gasteiger partial charge in [0, 0.05) is 5.57 Å². The largest absolute Gasteiger partial charge is 0.478 e. The van der Waals surface area contributed by atoms with Crippen LogP contribution in [0.1, 0.15) is 23.1 Å². The van der Waals surface area contributed by atoms with Crippen LogP contribution in [0.5, 0.6) is 0 Å². The van der Waals surface area contributed by atoms with E-state index in [1.54, 1.807) is 28.8 Å². The maximum absolute atomic E-state index is 11.0. The summed E-state index contributed by atoms with van der Waals surface area (Å²) in [7, 11) is 0. The van der Waals surface area contributed by atoms with Crippen molar-refractivity contribution in [1.29, 1.82) is 0 Å². The number of benzene rings is 1. The monoisotopic (exact) mass is 311 g/mol. The van der Waals surface area contributed by atoms with Crippen LogP contribution >= 0.6 is 11.3 Å². The first-order valence-electron chi connectivity index (χ1n) is 6.62. The van der Waals surface area contributed by atoms with Crippen LogP contribution in [0, 0.1) is 0 Å². The highest BCUT2D eigenvalue weighted by Gasteiger charge is 2.13. The van der Waals surface area contributed by atoms with Crippen molar-refractivity contribution in [2.45, 2.75) is 6.92 Å².